The molecule has 1 amide bonds. The third-order valence-electron chi connectivity index (χ3n) is 3.55. The fourth-order valence-electron chi connectivity index (χ4n) is 2.46. The van der Waals surface area contributed by atoms with Gasteiger partial charge in [-0.3, -0.25) is 4.79 Å². The molecule has 0 radical (unpaired) electrons. The van der Waals surface area contributed by atoms with E-state index >= 15 is 0 Å². The van der Waals surface area contributed by atoms with Crippen LogP contribution in [-0.4, -0.2) is 21.4 Å². The highest BCUT2D eigenvalue weighted by Gasteiger charge is 2.18. The molecule has 0 aliphatic heterocycles. The maximum absolute atomic E-state index is 12.4. The lowest BCUT2D eigenvalue weighted by molar-refractivity contribution is 0.0914. The first-order valence-electron chi connectivity index (χ1n) is 8.23. The van der Waals surface area contributed by atoms with E-state index in [1.165, 1.54) is 5.56 Å². The molecule has 0 unspecified atom stereocenters. The Bertz CT molecular complexity index is 748. The second-order valence-corrected chi connectivity index (χ2v) is 7.01. The van der Waals surface area contributed by atoms with Gasteiger partial charge in [-0.15, -0.1) is 0 Å². The highest BCUT2D eigenvalue weighted by atomic mass is 16.2. The summed E-state index contributed by atoms with van der Waals surface area (Å²) in [7, 11) is 0. The number of nitrogens with one attached hydrogen (secondary N) is 2. The first-order chi connectivity index (χ1) is 11.2. The van der Waals surface area contributed by atoms with Crippen LogP contribution in [0.3, 0.4) is 0 Å². The van der Waals surface area contributed by atoms with Gasteiger partial charge in [0.1, 0.15) is 5.69 Å². The summed E-state index contributed by atoms with van der Waals surface area (Å²) in [5.74, 6) is 0.245. The Labute approximate surface area is 143 Å². The fourth-order valence-corrected chi connectivity index (χ4v) is 2.46. The number of rotatable bonds is 4. The van der Waals surface area contributed by atoms with E-state index in [0.29, 0.717) is 11.6 Å². The van der Waals surface area contributed by atoms with E-state index in [-0.39, 0.29) is 11.4 Å². The summed E-state index contributed by atoms with van der Waals surface area (Å²) < 4.78 is 0. The molecular weight excluding hydrogens is 300 g/mol. The molecular formula is C19H26N4O. The number of aromatic nitrogens is 2. The number of hydrogen-bond donors (Lipinski definition) is 2. The minimum Gasteiger partial charge on any atom is -0.346 e. The monoisotopic (exact) mass is 326 g/mol. The second-order valence-electron chi connectivity index (χ2n) is 7.01. The summed E-state index contributed by atoms with van der Waals surface area (Å²) in [6, 6.07) is 7.87. The Morgan fingerprint density at radius 2 is 1.88 bits per heavy atom. The van der Waals surface area contributed by atoms with Crippen molar-refractivity contribution < 1.29 is 4.79 Å². The first-order valence-corrected chi connectivity index (χ1v) is 8.23. The standard InChI is InChI=1S/C19H26N4O/c1-7-14-10-8-9-12(2)16(14)22-18-20-13(3)11-15(21-18)17(24)23-19(4,5)6/h8-11H,7H2,1-6H3,(H,23,24)(H,20,21,22). The molecule has 1 heterocycles. The van der Waals surface area contributed by atoms with Gasteiger partial charge in [0.25, 0.3) is 5.91 Å². The topological polar surface area (TPSA) is 66.9 Å². The van der Waals surface area contributed by atoms with Crippen molar-refractivity contribution in [2.75, 3.05) is 5.32 Å². The molecule has 1 aromatic heterocycles. The average Bonchev–Trinajstić information content (AvgIpc) is 2.47. The zero-order valence-corrected chi connectivity index (χ0v) is 15.3. The second kappa shape index (κ2) is 6.99. The molecule has 5 nitrogen and oxygen atoms in total. The molecule has 2 N–H and O–H groups in total. The maximum atomic E-state index is 12.4. The number of carbonyl (C=O) groups excluding carboxylic acids is 1. The van der Waals surface area contributed by atoms with Crippen LogP contribution in [0.5, 0.6) is 0 Å². The van der Waals surface area contributed by atoms with Crippen molar-refractivity contribution in [1.82, 2.24) is 15.3 Å². The van der Waals surface area contributed by atoms with Crippen molar-refractivity contribution in [2.24, 2.45) is 0 Å². The number of benzene rings is 1. The summed E-state index contributed by atoms with van der Waals surface area (Å²) in [5, 5.41) is 6.22. The summed E-state index contributed by atoms with van der Waals surface area (Å²) in [6.45, 7) is 11.8. The van der Waals surface area contributed by atoms with Gasteiger partial charge in [0.05, 0.1) is 0 Å². The molecule has 0 saturated carbocycles. The van der Waals surface area contributed by atoms with Gasteiger partial charge in [-0.25, -0.2) is 9.97 Å². The van der Waals surface area contributed by atoms with Crippen molar-refractivity contribution in [3.05, 3.63) is 46.8 Å². The van der Waals surface area contributed by atoms with Crippen LogP contribution >= 0.6 is 0 Å². The lowest BCUT2D eigenvalue weighted by Crippen LogP contribution is -2.41. The Hall–Kier alpha value is -2.43. The van der Waals surface area contributed by atoms with E-state index in [9.17, 15) is 4.79 Å². The van der Waals surface area contributed by atoms with E-state index in [1.54, 1.807) is 6.07 Å². The van der Waals surface area contributed by atoms with Crippen LogP contribution in [0.2, 0.25) is 0 Å². The van der Waals surface area contributed by atoms with Crippen molar-refractivity contribution in [3.8, 4) is 0 Å². The molecule has 0 saturated heterocycles. The fraction of sp³-hybridized carbons (Fsp3) is 0.421. The van der Waals surface area contributed by atoms with Crippen LogP contribution in [0.4, 0.5) is 11.6 Å². The average molecular weight is 326 g/mol. The van der Waals surface area contributed by atoms with Crippen molar-refractivity contribution >= 4 is 17.5 Å². The molecule has 0 fully saturated rings. The predicted octanol–water partition coefficient (Wildman–Crippen LogP) is 3.93. The van der Waals surface area contributed by atoms with Gasteiger partial charge in [-0.1, -0.05) is 25.1 Å². The normalized spacial score (nSPS) is 11.2. The smallest absolute Gasteiger partial charge is 0.270 e. The van der Waals surface area contributed by atoms with Gasteiger partial charge in [0.2, 0.25) is 5.95 Å². The highest BCUT2D eigenvalue weighted by Crippen LogP contribution is 2.24. The molecule has 128 valence electrons. The molecule has 2 rings (SSSR count). The first kappa shape index (κ1) is 17.9. The largest absolute Gasteiger partial charge is 0.346 e. The number of nitrogens with zero attached hydrogens (tertiary/aromatic N) is 2. The number of amides is 1. The van der Waals surface area contributed by atoms with Gasteiger partial charge < -0.3 is 10.6 Å². The van der Waals surface area contributed by atoms with Gasteiger partial charge in [-0.2, -0.15) is 0 Å². The van der Waals surface area contributed by atoms with E-state index in [4.69, 9.17) is 0 Å². The Balaban J connectivity index is 2.35. The number of hydrogen-bond acceptors (Lipinski definition) is 4. The highest BCUT2D eigenvalue weighted by molar-refractivity contribution is 5.93. The van der Waals surface area contributed by atoms with Crippen LogP contribution < -0.4 is 10.6 Å². The molecule has 0 bridgehead atoms. The zero-order chi connectivity index (χ0) is 17.9. The van der Waals surface area contributed by atoms with E-state index < -0.39 is 0 Å². The minimum atomic E-state index is -0.311. The van der Waals surface area contributed by atoms with E-state index in [1.807, 2.05) is 46.8 Å². The summed E-state index contributed by atoms with van der Waals surface area (Å²) in [6.07, 6.45) is 0.910. The maximum Gasteiger partial charge on any atom is 0.270 e. The summed E-state index contributed by atoms with van der Waals surface area (Å²) >= 11 is 0. The predicted molar refractivity (Wildman–Crippen MR) is 97.8 cm³/mol. The van der Waals surface area contributed by atoms with Crippen molar-refractivity contribution in [1.29, 1.82) is 0 Å². The molecule has 24 heavy (non-hydrogen) atoms. The molecule has 2 aromatic rings. The molecule has 5 heteroatoms. The molecule has 0 spiro atoms. The Kier molecular flexibility index (Phi) is 5.22. The molecule has 1 aromatic carbocycles. The lowest BCUT2D eigenvalue weighted by atomic mass is 10.1. The van der Waals surface area contributed by atoms with Gasteiger partial charge in [0.15, 0.2) is 0 Å². The number of anilines is 2. The number of para-hydroxylation sites is 1. The molecule has 0 aliphatic rings. The molecule has 0 atom stereocenters. The van der Waals surface area contributed by atoms with Gasteiger partial charge in [-0.05, 0) is 58.2 Å². The quantitative estimate of drug-likeness (QED) is 0.893. The summed E-state index contributed by atoms with van der Waals surface area (Å²) in [5.41, 5.74) is 4.13. The van der Waals surface area contributed by atoms with Crippen LogP contribution in [-0.2, 0) is 6.42 Å². The molecule has 0 aliphatic carbocycles. The number of aryl methyl sites for hydroxylation is 3. The Morgan fingerprint density at radius 1 is 1.17 bits per heavy atom. The third kappa shape index (κ3) is 4.54. The minimum absolute atomic E-state index is 0.198. The number of carbonyl (C=O) groups is 1. The Morgan fingerprint density at radius 3 is 2.50 bits per heavy atom. The third-order valence-corrected chi connectivity index (χ3v) is 3.55. The SMILES string of the molecule is CCc1cccc(C)c1Nc1nc(C)cc(C(=O)NC(C)(C)C)n1. The van der Waals surface area contributed by atoms with Crippen LogP contribution in [0.25, 0.3) is 0 Å². The van der Waals surface area contributed by atoms with Gasteiger partial charge in [0, 0.05) is 16.9 Å². The van der Waals surface area contributed by atoms with Crippen LogP contribution in [0, 0.1) is 13.8 Å². The van der Waals surface area contributed by atoms with Crippen molar-refractivity contribution in [3.63, 3.8) is 0 Å². The van der Waals surface area contributed by atoms with Crippen LogP contribution in [0.15, 0.2) is 24.3 Å². The summed E-state index contributed by atoms with van der Waals surface area (Å²) in [4.78, 5) is 21.2. The van der Waals surface area contributed by atoms with E-state index in [0.717, 1.165) is 23.4 Å². The van der Waals surface area contributed by atoms with E-state index in [2.05, 4.69) is 33.6 Å². The van der Waals surface area contributed by atoms with Gasteiger partial charge >= 0.3 is 0 Å². The van der Waals surface area contributed by atoms with Crippen molar-refractivity contribution in [2.45, 2.75) is 53.5 Å². The lowest BCUT2D eigenvalue weighted by Gasteiger charge is -2.20. The zero-order valence-electron chi connectivity index (χ0n) is 15.3. The van der Waals surface area contributed by atoms with Crippen LogP contribution in [0.1, 0.15) is 55.0 Å².